The number of nitrogens with one attached hydrogen (secondary N) is 1. The highest BCUT2D eigenvalue weighted by molar-refractivity contribution is 5.78. The van der Waals surface area contributed by atoms with E-state index in [-0.39, 0.29) is 17.8 Å². The molecule has 4 aromatic rings. The van der Waals surface area contributed by atoms with Crippen molar-refractivity contribution in [2.75, 3.05) is 12.4 Å². The first-order chi connectivity index (χ1) is 10.7. The predicted octanol–water partition coefficient (Wildman–Crippen LogP) is 3.86. The molecule has 0 saturated heterocycles. The minimum absolute atomic E-state index is 0.180. The quantitative estimate of drug-likeness (QED) is 0.619. The van der Waals surface area contributed by atoms with Gasteiger partial charge in [0, 0.05) is 12.1 Å². The molecule has 0 amide bonds. The van der Waals surface area contributed by atoms with Crippen molar-refractivity contribution >= 4 is 34.2 Å². The standard InChI is InChI=1S/C15H10FN3O3/c1-20-9-3-4-10-13(7-9)22-14(17-10)19-15-18-11-6-8(16)2-5-12(11)21-15/h2-7H,1H3,(H,17,18,19). The molecule has 1 N–H and O–H groups in total. The minimum atomic E-state index is -0.374. The molecule has 0 unspecified atom stereocenters. The normalized spacial score (nSPS) is 11.2. The van der Waals surface area contributed by atoms with Crippen molar-refractivity contribution in [3.63, 3.8) is 0 Å². The van der Waals surface area contributed by atoms with Crippen molar-refractivity contribution in [1.29, 1.82) is 0 Å². The molecular formula is C15H10FN3O3. The van der Waals surface area contributed by atoms with Crippen molar-refractivity contribution in [1.82, 2.24) is 9.97 Å². The molecule has 0 atom stereocenters. The average Bonchev–Trinajstić information content (AvgIpc) is 3.08. The van der Waals surface area contributed by atoms with Gasteiger partial charge in [-0.2, -0.15) is 9.97 Å². The third-order valence-corrected chi connectivity index (χ3v) is 3.16. The maximum Gasteiger partial charge on any atom is 0.303 e. The van der Waals surface area contributed by atoms with Crippen molar-refractivity contribution < 1.29 is 18.0 Å². The smallest absolute Gasteiger partial charge is 0.303 e. The molecule has 22 heavy (non-hydrogen) atoms. The van der Waals surface area contributed by atoms with Gasteiger partial charge in [-0.15, -0.1) is 0 Å². The number of aromatic nitrogens is 2. The Kier molecular flexibility index (Phi) is 2.72. The number of anilines is 2. The lowest BCUT2D eigenvalue weighted by Crippen LogP contribution is -1.89. The van der Waals surface area contributed by atoms with E-state index in [0.717, 1.165) is 0 Å². The summed E-state index contributed by atoms with van der Waals surface area (Å²) in [6, 6.07) is 9.83. The molecule has 7 heteroatoms. The van der Waals surface area contributed by atoms with Gasteiger partial charge in [0.1, 0.15) is 22.6 Å². The number of oxazole rings is 2. The number of hydrogen-bond donors (Lipinski definition) is 1. The van der Waals surface area contributed by atoms with E-state index in [1.807, 2.05) is 0 Å². The zero-order valence-corrected chi connectivity index (χ0v) is 11.5. The molecule has 6 nitrogen and oxygen atoms in total. The van der Waals surface area contributed by atoms with Gasteiger partial charge in [-0.1, -0.05) is 0 Å². The summed E-state index contributed by atoms with van der Waals surface area (Å²) >= 11 is 0. The van der Waals surface area contributed by atoms with E-state index < -0.39 is 0 Å². The monoisotopic (exact) mass is 299 g/mol. The van der Waals surface area contributed by atoms with Crippen LogP contribution in [0.3, 0.4) is 0 Å². The summed E-state index contributed by atoms with van der Waals surface area (Å²) in [6.45, 7) is 0. The van der Waals surface area contributed by atoms with Crippen LogP contribution in [0.1, 0.15) is 0 Å². The Morgan fingerprint density at radius 1 is 0.955 bits per heavy atom. The maximum absolute atomic E-state index is 13.1. The van der Waals surface area contributed by atoms with Gasteiger partial charge in [0.2, 0.25) is 0 Å². The summed E-state index contributed by atoms with van der Waals surface area (Å²) in [5.41, 5.74) is 2.14. The molecule has 0 bridgehead atoms. The first-order valence-corrected chi connectivity index (χ1v) is 6.49. The summed E-state index contributed by atoms with van der Waals surface area (Å²) in [4.78, 5) is 8.39. The van der Waals surface area contributed by atoms with E-state index in [2.05, 4.69) is 15.3 Å². The Morgan fingerprint density at radius 3 is 2.55 bits per heavy atom. The number of benzene rings is 2. The van der Waals surface area contributed by atoms with Crippen LogP contribution in [0.2, 0.25) is 0 Å². The van der Waals surface area contributed by atoms with Crippen LogP contribution in [-0.4, -0.2) is 17.1 Å². The van der Waals surface area contributed by atoms with Crippen LogP contribution in [0.4, 0.5) is 16.4 Å². The van der Waals surface area contributed by atoms with Gasteiger partial charge >= 0.3 is 12.0 Å². The summed E-state index contributed by atoms with van der Waals surface area (Å²) in [7, 11) is 1.58. The third kappa shape index (κ3) is 2.12. The van der Waals surface area contributed by atoms with E-state index in [1.54, 1.807) is 25.3 Å². The lowest BCUT2D eigenvalue weighted by molar-refractivity contribution is 0.414. The van der Waals surface area contributed by atoms with Crippen LogP contribution in [0.25, 0.3) is 22.2 Å². The largest absolute Gasteiger partial charge is 0.497 e. The number of halogens is 1. The number of ether oxygens (including phenoxy) is 1. The van der Waals surface area contributed by atoms with Gasteiger partial charge < -0.3 is 13.6 Å². The number of rotatable bonds is 3. The lowest BCUT2D eigenvalue weighted by Gasteiger charge is -1.95. The topological polar surface area (TPSA) is 73.3 Å². The molecule has 0 aliphatic heterocycles. The zero-order valence-electron chi connectivity index (χ0n) is 11.5. The van der Waals surface area contributed by atoms with Crippen LogP contribution < -0.4 is 10.1 Å². The Hall–Kier alpha value is -3.09. The summed E-state index contributed by atoms with van der Waals surface area (Å²) in [6.07, 6.45) is 0. The van der Waals surface area contributed by atoms with E-state index in [9.17, 15) is 4.39 Å². The Labute approximate surface area is 123 Å². The Morgan fingerprint density at radius 2 is 1.73 bits per heavy atom. The highest BCUT2D eigenvalue weighted by atomic mass is 19.1. The summed E-state index contributed by atoms with van der Waals surface area (Å²) in [5.74, 6) is 0.300. The summed E-state index contributed by atoms with van der Waals surface area (Å²) in [5, 5.41) is 2.82. The Bertz CT molecular complexity index is 977. The lowest BCUT2D eigenvalue weighted by atomic mass is 10.3. The summed E-state index contributed by atoms with van der Waals surface area (Å²) < 4.78 is 29.3. The molecule has 2 aromatic heterocycles. The third-order valence-electron chi connectivity index (χ3n) is 3.16. The van der Waals surface area contributed by atoms with Gasteiger partial charge in [-0.3, -0.25) is 5.32 Å². The minimum Gasteiger partial charge on any atom is -0.497 e. The predicted molar refractivity (Wildman–Crippen MR) is 77.8 cm³/mol. The van der Waals surface area contributed by atoms with Gasteiger partial charge in [0.05, 0.1) is 7.11 Å². The fourth-order valence-electron chi connectivity index (χ4n) is 2.13. The van der Waals surface area contributed by atoms with E-state index in [1.165, 1.54) is 18.2 Å². The second kappa shape index (κ2) is 4.73. The molecule has 0 aliphatic carbocycles. The average molecular weight is 299 g/mol. The van der Waals surface area contributed by atoms with Crippen LogP contribution in [0.15, 0.2) is 45.2 Å². The van der Waals surface area contributed by atoms with E-state index in [4.69, 9.17) is 13.6 Å². The molecule has 0 radical (unpaired) electrons. The first-order valence-electron chi connectivity index (χ1n) is 6.49. The van der Waals surface area contributed by atoms with Crippen LogP contribution in [-0.2, 0) is 0 Å². The second-order valence-electron chi connectivity index (χ2n) is 4.61. The van der Waals surface area contributed by atoms with Gasteiger partial charge in [-0.05, 0) is 24.3 Å². The highest BCUT2D eigenvalue weighted by Crippen LogP contribution is 2.27. The molecule has 2 heterocycles. The molecule has 110 valence electrons. The SMILES string of the molecule is COc1ccc2nc(Nc3nc4cc(F)ccc4o3)oc2c1. The molecule has 0 saturated carbocycles. The highest BCUT2D eigenvalue weighted by Gasteiger charge is 2.11. The number of fused-ring (bicyclic) bond motifs is 2. The molecule has 0 spiro atoms. The van der Waals surface area contributed by atoms with Gasteiger partial charge in [0.25, 0.3) is 0 Å². The van der Waals surface area contributed by atoms with E-state index in [0.29, 0.717) is 27.9 Å². The van der Waals surface area contributed by atoms with Crippen molar-refractivity contribution in [3.8, 4) is 5.75 Å². The molecular weight excluding hydrogens is 289 g/mol. The Balaban J connectivity index is 1.69. The van der Waals surface area contributed by atoms with Gasteiger partial charge in [-0.25, -0.2) is 4.39 Å². The van der Waals surface area contributed by atoms with Gasteiger partial charge in [0.15, 0.2) is 11.2 Å². The zero-order chi connectivity index (χ0) is 15.1. The van der Waals surface area contributed by atoms with Crippen molar-refractivity contribution in [2.24, 2.45) is 0 Å². The molecule has 0 aliphatic rings. The van der Waals surface area contributed by atoms with Crippen LogP contribution >= 0.6 is 0 Å². The molecule has 0 fully saturated rings. The fraction of sp³-hybridized carbons (Fsp3) is 0.0667. The fourth-order valence-corrected chi connectivity index (χ4v) is 2.13. The number of hydrogen-bond acceptors (Lipinski definition) is 6. The molecule has 2 aromatic carbocycles. The second-order valence-corrected chi connectivity index (χ2v) is 4.61. The van der Waals surface area contributed by atoms with Crippen LogP contribution in [0, 0.1) is 5.82 Å². The molecule has 4 rings (SSSR count). The van der Waals surface area contributed by atoms with Crippen molar-refractivity contribution in [3.05, 3.63) is 42.2 Å². The van der Waals surface area contributed by atoms with Crippen molar-refractivity contribution in [2.45, 2.75) is 0 Å². The number of nitrogens with zero attached hydrogens (tertiary/aromatic N) is 2. The maximum atomic E-state index is 13.1. The van der Waals surface area contributed by atoms with Crippen LogP contribution in [0.5, 0.6) is 5.75 Å². The first kappa shape index (κ1) is 12.6. The van der Waals surface area contributed by atoms with E-state index >= 15 is 0 Å². The number of methoxy groups -OCH3 is 1.